The van der Waals surface area contributed by atoms with Gasteiger partial charge in [-0.1, -0.05) is 98.1 Å². The second-order valence-electron chi connectivity index (χ2n) is 31.5. The summed E-state index contributed by atoms with van der Waals surface area (Å²) in [5.74, 6) is -10.2. The minimum Gasteiger partial charge on any atom is -0.381 e. The first-order chi connectivity index (χ1) is 48.6. The van der Waals surface area contributed by atoms with Gasteiger partial charge in [-0.25, -0.2) is 0 Å². The molecule has 2 bridgehead atoms. The van der Waals surface area contributed by atoms with Gasteiger partial charge in [0.25, 0.3) is 0 Å². The van der Waals surface area contributed by atoms with E-state index >= 15 is 28.8 Å². The number of methoxy groups -OCH3 is 1. The van der Waals surface area contributed by atoms with Crippen molar-refractivity contribution < 1.29 is 75.4 Å². The average Bonchev–Trinajstić information content (AvgIpc) is 1.67. The predicted molar refractivity (Wildman–Crippen MR) is 380 cm³/mol. The number of halogens is 3. The lowest BCUT2D eigenvalue weighted by atomic mass is 9.74. The molecule has 4 aliphatic carbocycles. The van der Waals surface area contributed by atoms with E-state index in [0.717, 1.165) is 38.5 Å². The lowest BCUT2D eigenvalue weighted by Crippen LogP contribution is -2.68. The third-order valence-electron chi connectivity index (χ3n) is 24.2. The molecular weight excluding hydrogens is 1330 g/mol. The van der Waals surface area contributed by atoms with Gasteiger partial charge in [0.1, 0.15) is 53.9 Å². The third-order valence-corrected chi connectivity index (χ3v) is 24.2. The van der Waals surface area contributed by atoms with Gasteiger partial charge in [-0.05, 0) is 139 Å². The molecule has 3 aliphatic heterocycles. The van der Waals surface area contributed by atoms with Crippen LogP contribution in [-0.4, -0.2) is 270 Å². The molecule has 4 saturated carbocycles. The number of fused-ring (bicyclic) bond motifs is 3. The maximum absolute atomic E-state index is 15.5. The van der Waals surface area contributed by atoms with E-state index in [1.165, 1.54) is 93.5 Å². The highest BCUT2D eigenvalue weighted by Crippen LogP contribution is 2.44. The minimum absolute atomic E-state index is 0.00887. The Balaban J connectivity index is 1.30. The number of nitrogens with one attached hydrogen (secondary N) is 3. The molecule has 7 rings (SSSR count). The Labute approximate surface area is 608 Å². The lowest BCUT2D eigenvalue weighted by molar-refractivity contribution is -0.215. The quantitative estimate of drug-likeness (QED) is 0.181. The van der Waals surface area contributed by atoms with Crippen molar-refractivity contribution in [3.8, 4) is 0 Å². The van der Waals surface area contributed by atoms with E-state index in [-0.39, 0.29) is 108 Å². The normalized spacial score (nSPS) is 32.0. The highest BCUT2D eigenvalue weighted by Gasteiger charge is 2.54. The second-order valence-corrected chi connectivity index (χ2v) is 31.5. The first-order valence-electron chi connectivity index (χ1n) is 38.2. The number of amides is 12. The number of alkyl halides is 3. The summed E-state index contributed by atoms with van der Waals surface area (Å²) in [7, 11) is 11.4. The molecule has 2 saturated heterocycles. The summed E-state index contributed by atoms with van der Waals surface area (Å²) in [6.07, 6.45) is 6.15. The molecule has 6 fully saturated rings. The van der Waals surface area contributed by atoms with Crippen LogP contribution < -0.4 is 16.0 Å². The summed E-state index contributed by atoms with van der Waals surface area (Å²) in [6, 6.07) is -9.76. The van der Waals surface area contributed by atoms with Crippen LogP contribution in [0.15, 0.2) is 12.2 Å². The molecule has 580 valence electrons. The fourth-order valence-electron chi connectivity index (χ4n) is 16.9. The summed E-state index contributed by atoms with van der Waals surface area (Å²) >= 11 is 0. The fraction of sp³-hybridized carbons (Fsp3) is 0.813. The number of carbonyl (C=O) groups is 12. The van der Waals surface area contributed by atoms with Gasteiger partial charge in [-0.3, -0.25) is 57.5 Å². The Hall–Kier alpha value is -6.87. The largest absolute Gasteiger partial charge is 0.394 e. The van der Waals surface area contributed by atoms with Gasteiger partial charge in [0.05, 0.1) is 31.5 Å². The van der Waals surface area contributed by atoms with Crippen LogP contribution in [0.1, 0.15) is 196 Å². The zero-order valence-electron chi connectivity index (χ0n) is 63.9. The third kappa shape index (κ3) is 20.2. The van der Waals surface area contributed by atoms with Crippen LogP contribution in [0.5, 0.6) is 0 Å². The Morgan fingerprint density at radius 2 is 1.31 bits per heavy atom. The molecule has 28 heteroatoms. The van der Waals surface area contributed by atoms with Crippen LogP contribution in [0.4, 0.5) is 13.2 Å². The van der Waals surface area contributed by atoms with Crippen molar-refractivity contribution in [1.82, 2.24) is 60.0 Å². The number of nitrogens with zero attached hydrogens (tertiary/aromatic N) is 9. The van der Waals surface area contributed by atoms with E-state index in [1.807, 2.05) is 26.8 Å². The van der Waals surface area contributed by atoms with Crippen LogP contribution in [0.2, 0.25) is 0 Å². The topological polar surface area (TPSA) is 279 Å². The molecule has 3 unspecified atom stereocenters. The number of hydrogen-bond acceptors (Lipinski definition) is 13. The molecule has 25 nitrogen and oxygen atoms in total. The number of hydrogen-bond donors (Lipinski definition) is 3. The molecule has 3 N–H and O–H groups in total. The maximum atomic E-state index is 15.5. The van der Waals surface area contributed by atoms with Crippen molar-refractivity contribution in [2.75, 3.05) is 89.2 Å². The van der Waals surface area contributed by atoms with Crippen LogP contribution in [0.3, 0.4) is 0 Å². The predicted octanol–water partition coefficient (Wildman–Crippen LogP) is 5.91. The van der Waals surface area contributed by atoms with Crippen LogP contribution in [0, 0.1) is 41.4 Å². The smallest absolute Gasteiger partial charge is 0.381 e. The molecule has 12 amide bonds. The van der Waals surface area contributed by atoms with Gasteiger partial charge in [0.2, 0.25) is 70.9 Å². The Kier molecular flexibility index (Phi) is 29.9. The molecule has 13 atom stereocenters. The first kappa shape index (κ1) is 83.4. The van der Waals surface area contributed by atoms with E-state index in [4.69, 9.17) is 4.74 Å². The molecule has 0 aromatic rings. The van der Waals surface area contributed by atoms with Crippen molar-refractivity contribution in [2.45, 2.75) is 262 Å². The van der Waals surface area contributed by atoms with Crippen LogP contribution in [-0.2, 0) is 62.3 Å². The van der Waals surface area contributed by atoms with Gasteiger partial charge in [-0.15, -0.1) is 0 Å². The molecular formula is C75H121F3N12O13. The summed E-state index contributed by atoms with van der Waals surface area (Å²) < 4.78 is 48.2. The molecule has 3 heterocycles. The zero-order valence-corrected chi connectivity index (χ0v) is 63.9. The fourth-order valence-corrected chi connectivity index (χ4v) is 16.9. The summed E-state index contributed by atoms with van der Waals surface area (Å²) in [4.78, 5) is 193. The van der Waals surface area contributed by atoms with E-state index in [2.05, 4.69) is 22.9 Å². The van der Waals surface area contributed by atoms with Gasteiger partial charge in [-0.2, -0.15) is 13.2 Å². The Bertz CT molecular complexity index is 3050. The average molecular weight is 1460 g/mol. The molecule has 0 radical (unpaired) electrons. The number of carbonyl (C=O) groups excluding carboxylic acids is 12. The standard InChI is InChI=1S/C75H121F3N12O13/c1-15-24-54-65(94)80-63(48(6)16-2)71(100)84(9)45-62(93)86(11)55-27-19-18-22-38-89(70(55)99)58(40-49-30-28-46(4)29-31-49)69(98)83(8)44-60(91)79-53(35-33-50-32-34-52(75(76,77)78)59(41-50)103-14)67(96)90-43-47(5)39-56(90)66(95)81-74(36-23-37-74)73(102)88(13)64(51-25-20-21-26-51)72(101)87(12)57(42-61(92)85(54)10)68(97)82(7)17-3/h18-19,46-59,63-64H,15-17,20-45H2,1-14H3,(H,79,91)(H,80,94)(H,81,95)/b19-18-/t46?,47-,48+,49?,50?,52?,53+,54+,55+,56+,57+,58+,59?,63+,64+/m1/s1. The van der Waals surface area contributed by atoms with E-state index in [9.17, 15) is 41.9 Å². The van der Waals surface area contributed by atoms with Crippen LogP contribution >= 0.6 is 0 Å². The summed E-state index contributed by atoms with van der Waals surface area (Å²) in [5, 5.41) is 8.86. The Morgan fingerprint density at radius 3 is 1.91 bits per heavy atom. The highest BCUT2D eigenvalue weighted by molar-refractivity contribution is 6.01. The molecule has 103 heavy (non-hydrogen) atoms. The number of likely N-dealkylation sites (N-methyl/N-ethyl adjacent to an activating group) is 7. The Morgan fingerprint density at radius 1 is 0.660 bits per heavy atom. The first-order valence-corrected chi connectivity index (χ1v) is 38.2. The van der Waals surface area contributed by atoms with Crippen LogP contribution in [0.25, 0.3) is 0 Å². The summed E-state index contributed by atoms with van der Waals surface area (Å²) in [5.41, 5.74) is -1.54. The minimum atomic E-state index is -4.50. The van der Waals surface area contributed by atoms with Crippen molar-refractivity contribution in [3.05, 3.63) is 12.2 Å². The van der Waals surface area contributed by atoms with Gasteiger partial charge < -0.3 is 64.8 Å². The van der Waals surface area contributed by atoms with Gasteiger partial charge in [0, 0.05) is 76.1 Å². The SMILES string of the molecule is CCC[C@H]1C(=O)N[C@@H]([C@@H](C)CC)C(=O)N(C)CC(=O)N(C)[C@H]2C/C=C\CCN(C2=O)[C@@H](CC2CCC(C)CC2)C(=O)N(C)CC(=O)N[C@@H](CCC2CCC(C(F)(F)F)C(OC)C2)C(=O)N2C[C@H](C)C[C@H]2C(=O)NC2(CCC2)C(=O)N(C)[C@@H](C2CCCC2)C(=O)N(C)[C@H](C(=O)N(C)CC)CC(=O)N1C. The number of rotatable bonds is 13. The van der Waals surface area contributed by atoms with Gasteiger partial charge >= 0.3 is 6.18 Å². The molecule has 0 aromatic heterocycles. The highest BCUT2D eigenvalue weighted by atomic mass is 19.4. The van der Waals surface area contributed by atoms with Gasteiger partial charge in [0.15, 0.2) is 0 Å². The van der Waals surface area contributed by atoms with Crippen molar-refractivity contribution in [2.24, 2.45) is 41.4 Å². The van der Waals surface area contributed by atoms with E-state index in [0.29, 0.717) is 44.4 Å². The van der Waals surface area contributed by atoms with Crippen molar-refractivity contribution in [3.63, 3.8) is 0 Å². The lowest BCUT2D eigenvalue weighted by Gasteiger charge is -2.46. The monoisotopic (exact) mass is 1450 g/mol. The zero-order chi connectivity index (χ0) is 76.1. The van der Waals surface area contributed by atoms with E-state index < -0.39 is 174 Å². The maximum Gasteiger partial charge on any atom is 0.394 e. The van der Waals surface area contributed by atoms with Crippen molar-refractivity contribution >= 4 is 70.9 Å². The number of ether oxygens (including phenoxy) is 1. The molecule has 0 aromatic carbocycles. The summed E-state index contributed by atoms with van der Waals surface area (Å²) in [6.45, 7) is 10.4. The van der Waals surface area contributed by atoms with E-state index in [1.54, 1.807) is 27.0 Å². The molecule has 1 spiro atoms. The molecule has 7 aliphatic rings. The van der Waals surface area contributed by atoms with Crippen molar-refractivity contribution in [1.29, 1.82) is 0 Å². The second kappa shape index (κ2) is 36.9.